The molecule has 0 spiro atoms. The van der Waals surface area contributed by atoms with Gasteiger partial charge in [-0.25, -0.2) is 4.79 Å². The second-order valence-electron chi connectivity index (χ2n) is 3.61. The van der Waals surface area contributed by atoms with Crippen LogP contribution in [0.15, 0.2) is 22.7 Å². The summed E-state index contributed by atoms with van der Waals surface area (Å²) in [5.41, 5.74) is 1.13. The maximum absolute atomic E-state index is 11.2. The Morgan fingerprint density at radius 1 is 1.41 bits per heavy atom. The zero-order chi connectivity index (χ0) is 12.8. The van der Waals surface area contributed by atoms with Crippen molar-refractivity contribution in [2.75, 3.05) is 27.8 Å². The quantitative estimate of drug-likeness (QED) is 0.858. The Hall–Kier alpha value is -1.23. The van der Waals surface area contributed by atoms with E-state index in [1.165, 1.54) is 12.0 Å². The molecular formula is C12H16BrNO3. The van der Waals surface area contributed by atoms with Crippen LogP contribution in [-0.2, 0) is 11.2 Å². The van der Waals surface area contributed by atoms with Crippen LogP contribution in [0, 0.1) is 0 Å². The number of nitrogens with zero attached hydrogens (tertiary/aromatic N) is 1. The molecule has 0 bridgehead atoms. The molecule has 0 atom stereocenters. The van der Waals surface area contributed by atoms with Crippen LogP contribution < -0.4 is 4.74 Å². The number of benzene rings is 1. The Morgan fingerprint density at radius 3 is 2.65 bits per heavy atom. The minimum absolute atomic E-state index is 0.322. The summed E-state index contributed by atoms with van der Waals surface area (Å²) in [6.07, 6.45) is 0.450. The van der Waals surface area contributed by atoms with Crippen molar-refractivity contribution >= 4 is 22.0 Å². The number of carbonyl (C=O) groups is 1. The molecule has 0 aliphatic carbocycles. The molecule has 17 heavy (non-hydrogen) atoms. The topological polar surface area (TPSA) is 38.8 Å². The Labute approximate surface area is 110 Å². The third kappa shape index (κ3) is 3.93. The first-order valence-electron chi connectivity index (χ1n) is 5.20. The van der Waals surface area contributed by atoms with Crippen LogP contribution in [0.1, 0.15) is 5.56 Å². The Kier molecular flexibility index (Phi) is 5.28. The first kappa shape index (κ1) is 13.8. The predicted molar refractivity (Wildman–Crippen MR) is 69.4 cm³/mol. The van der Waals surface area contributed by atoms with E-state index in [9.17, 15) is 4.79 Å². The van der Waals surface area contributed by atoms with Crippen molar-refractivity contribution in [3.05, 3.63) is 28.2 Å². The molecule has 0 aliphatic rings. The second kappa shape index (κ2) is 6.49. The lowest BCUT2D eigenvalue weighted by Crippen LogP contribution is -2.28. The molecule has 1 aromatic carbocycles. The van der Waals surface area contributed by atoms with Crippen molar-refractivity contribution in [2.24, 2.45) is 0 Å². The predicted octanol–water partition coefficient (Wildman–Crippen LogP) is 2.70. The van der Waals surface area contributed by atoms with Gasteiger partial charge in [0.15, 0.2) is 0 Å². The van der Waals surface area contributed by atoms with Crippen LogP contribution in [0.2, 0.25) is 0 Å². The van der Waals surface area contributed by atoms with E-state index >= 15 is 0 Å². The normalized spacial score (nSPS) is 9.88. The molecular weight excluding hydrogens is 286 g/mol. The third-order valence-corrected chi connectivity index (χ3v) is 3.06. The van der Waals surface area contributed by atoms with Gasteiger partial charge in [0.05, 0.1) is 18.7 Å². The average Bonchev–Trinajstić information content (AvgIpc) is 2.35. The third-order valence-electron chi connectivity index (χ3n) is 2.44. The summed E-state index contributed by atoms with van der Waals surface area (Å²) < 4.78 is 10.7. The summed E-state index contributed by atoms with van der Waals surface area (Å²) >= 11 is 3.43. The van der Waals surface area contributed by atoms with Crippen LogP contribution >= 0.6 is 15.9 Å². The molecule has 0 N–H and O–H groups in total. The van der Waals surface area contributed by atoms with Gasteiger partial charge in [0.1, 0.15) is 5.75 Å². The van der Waals surface area contributed by atoms with Crippen LogP contribution in [-0.4, -0.2) is 38.8 Å². The minimum Gasteiger partial charge on any atom is -0.496 e. The van der Waals surface area contributed by atoms with Gasteiger partial charge in [0.25, 0.3) is 0 Å². The van der Waals surface area contributed by atoms with Crippen LogP contribution in [0.5, 0.6) is 5.75 Å². The van der Waals surface area contributed by atoms with Crippen LogP contribution in [0.3, 0.4) is 0 Å². The van der Waals surface area contributed by atoms with Gasteiger partial charge >= 0.3 is 6.09 Å². The maximum Gasteiger partial charge on any atom is 0.409 e. The summed E-state index contributed by atoms with van der Waals surface area (Å²) in [4.78, 5) is 12.7. The number of rotatable bonds is 4. The van der Waals surface area contributed by atoms with E-state index in [0.29, 0.717) is 6.54 Å². The van der Waals surface area contributed by atoms with Gasteiger partial charge in [0, 0.05) is 13.6 Å². The summed E-state index contributed by atoms with van der Waals surface area (Å²) in [6, 6.07) is 5.87. The van der Waals surface area contributed by atoms with Gasteiger partial charge in [-0.1, -0.05) is 6.07 Å². The number of halogens is 1. The lowest BCUT2D eigenvalue weighted by molar-refractivity contribution is 0.134. The lowest BCUT2D eigenvalue weighted by Gasteiger charge is -2.15. The van der Waals surface area contributed by atoms with E-state index in [-0.39, 0.29) is 6.09 Å². The molecule has 0 aliphatic heterocycles. The fraction of sp³-hybridized carbons (Fsp3) is 0.417. The van der Waals surface area contributed by atoms with Crippen molar-refractivity contribution in [3.8, 4) is 5.75 Å². The van der Waals surface area contributed by atoms with Crippen molar-refractivity contribution in [3.63, 3.8) is 0 Å². The highest BCUT2D eigenvalue weighted by Crippen LogP contribution is 2.25. The summed E-state index contributed by atoms with van der Waals surface area (Å²) in [5, 5.41) is 0. The summed E-state index contributed by atoms with van der Waals surface area (Å²) in [6.45, 7) is 0.617. The molecule has 0 unspecified atom stereocenters. The van der Waals surface area contributed by atoms with Crippen LogP contribution in [0.4, 0.5) is 4.79 Å². The Balaban J connectivity index is 2.58. The maximum atomic E-state index is 11.2. The van der Waals surface area contributed by atoms with Crippen LogP contribution in [0.25, 0.3) is 0 Å². The van der Waals surface area contributed by atoms with E-state index in [2.05, 4.69) is 20.7 Å². The van der Waals surface area contributed by atoms with E-state index in [4.69, 9.17) is 4.74 Å². The molecule has 0 saturated heterocycles. The molecule has 1 amide bonds. The molecule has 0 radical (unpaired) electrons. The first-order chi connectivity index (χ1) is 8.08. The summed E-state index contributed by atoms with van der Waals surface area (Å²) in [7, 11) is 4.72. The van der Waals surface area contributed by atoms with Gasteiger partial charge < -0.3 is 14.4 Å². The van der Waals surface area contributed by atoms with Crippen molar-refractivity contribution in [2.45, 2.75) is 6.42 Å². The Bertz CT molecular complexity index is 395. The highest BCUT2D eigenvalue weighted by Gasteiger charge is 2.08. The zero-order valence-electron chi connectivity index (χ0n) is 10.2. The van der Waals surface area contributed by atoms with Crippen molar-refractivity contribution in [1.82, 2.24) is 4.90 Å². The average molecular weight is 302 g/mol. The largest absolute Gasteiger partial charge is 0.496 e. The molecule has 1 aromatic rings. The number of likely N-dealkylation sites (N-methyl/N-ethyl adjacent to an activating group) is 1. The summed E-state index contributed by atoms with van der Waals surface area (Å²) in [5.74, 6) is 0.801. The van der Waals surface area contributed by atoms with Gasteiger partial charge in [-0.15, -0.1) is 0 Å². The fourth-order valence-electron chi connectivity index (χ4n) is 1.41. The van der Waals surface area contributed by atoms with Gasteiger partial charge in [-0.2, -0.15) is 0 Å². The molecule has 0 aromatic heterocycles. The number of methoxy groups -OCH3 is 2. The first-order valence-corrected chi connectivity index (χ1v) is 5.99. The molecule has 4 nitrogen and oxygen atoms in total. The SMILES string of the molecule is COC(=O)N(C)CCc1ccc(OC)c(Br)c1. The molecule has 5 heteroatoms. The van der Waals surface area contributed by atoms with Crippen molar-refractivity contribution < 1.29 is 14.3 Å². The number of hydrogen-bond donors (Lipinski definition) is 0. The molecule has 0 heterocycles. The monoisotopic (exact) mass is 301 g/mol. The van der Waals surface area contributed by atoms with E-state index in [0.717, 1.165) is 22.2 Å². The Morgan fingerprint density at radius 2 is 2.12 bits per heavy atom. The van der Waals surface area contributed by atoms with Gasteiger partial charge in [0.2, 0.25) is 0 Å². The van der Waals surface area contributed by atoms with E-state index in [1.807, 2.05) is 18.2 Å². The van der Waals surface area contributed by atoms with Crippen molar-refractivity contribution in [1.29, 1.82) is 0 Å². The van der Waals surface area contributed by atoms with E-state index < -0.39 is 0 Å². The number of amides is 1. The minimum atomic E-state index is -0.322. The second-order valence-corrected chi connectivity index (χ2v) is 4.46. The molecule has 0 fully saturated rings. The highest BCUT2D eigenvalue weighted by atomic mass is 79.9. The number of carbonyl (C=O) groups excluding carboxylic acids is 1. The fourth-order valence-corrected chi connectivity index (χ4v) is 2.00. The van der Waals surface area contributed by atoms with Gasteiger partial charge in [-0.05, 0) is 40.0 Å². The highest BCUT2D eigenvalue weighted by molar-refractivity contribution is 9.10. The molecule has 94 valence electrons. The smallest absolute Gasteiger partial charge is 0.409 e. The molecule has 1 rings (SSSR count). The van der Waals surface area contributed by atoms with Gasteiger partial charge in [-0.3, -0.25) is 0 Å². The lowest BCUT2D eigenvalue weighted by atomic mass is 10.1. The zero-order valence-corrected chi connectivity index (χ0v) is 11.8. The number of ether oxygens (including phenoxy) is 2. The number of hydrogen-bond acceptors (Lipinski definition) is 3. The standard InChI is InChI=1S/C12H16BrNO3/c1-14(12(15)17-3)7-6-9-4-5-11(16-2)10(13)8-9/h4-5,8H,6-7H2,1-3H3. The molecule has 0 saturated carbocycles. The van der Waals surface area contributed by atoms with E-state index in [1.54, 1.807) is 14.2 Å².